The normalized spacial score (nSPS) is 14.8. The van der Waals surface area contributed by atoms with Crippen LogP contribution in [0.5, 0.6) is 0 Å². The van der Waals surface area contributed by atoms with E-state index in [2.05, 4.69) is 15.7 Å². The number of hydrogen-bond acceptors (Lipinski definition) is 4. The van der Waals surface area contributed by atoms with Crippen molar-refractivity contribution in [3.8, 4) is 0 Å². The zero-order chi connectivity index (χ0) is 20.4. The molecule has 148 valence electrons. The number of carbonyl (C=O) groups is 2. The fourth-order valence-corrected chi connectivity index (χ4v) is 3.84. The van der Waals surface area contributed by atoms with Gasteiger partial charge in [-0.2, -0.15) is 5.10 Å². The van der Waals surface area contributed by atoms with E-state index in [0.717, 1.165) is 29.5 Å². The Morgan fingerprint density at radius 2 is 1.69 bits per heavy atom. The Balaban J connectivity index is 1.66. The molecule has 3 aromatic rings. The zero-order valence-corrected chi connectivity index (χ0v) is 16.1. The van der Waals surface area contributed by atoms with Crippen LogP contribution >= 0.6 is 0 Å². The molecule has 7 heteroatoms. The Hall–Kier alpha value is -3.48. The lowest BCUT2D eigenvalue weighted by Crippen LogP contribution is -2.52. The van der Waals surface area contributed by atoms with Crippen molar-refractivity contribution in [1.82, 2.24) is 20.4 Å². The van der Waals surface area contributed by atoms with E-state index >= 15 is 0 Å². The van der Waals surface area contributed by atoms with E-state index in [1.165, 1.54) is 7.05 Å². The van der Waals surface area contributed by atoms with Crippen LogP contribution in [0.2, 0.25) is 0 Å². The Kier molecular flexibility index (Phi) is 4.88. The van der Waals surface area contributed by atoms with Crippen LogP contribution in [0.25, 0.3) is 10.8 Å². The molecule has 0 atom stereocenters. The van der Waals surface area contributed by atoms with Crippen molar-refractivity contribution in [3.63, 3.8) is 0 Å². The SMILES string of the molecule is CNC(=O)c1nn(CC(=O)NC2(c3ccccc3)CCC2)c(=O)c2ccccc12. The summed E-state index contributed by atoms with van der Waals surface area (Å²) in [6.07, 6.45) is 2.74. The van der Waals surface area contributed by atoms with Gasteiger partial charge < -0.3 is 10.6 Å². The zero-order valence-electron chi connectivity index (χ0n) is 16.1. The minimum absolute atomic E-state index is 0.122. The molecule has 0 bridgehead atoms. The van der Waals surface area contributed by atoms with Gasteiger partial charge in [0.25, 0.3) is 11.5 Å². The second-order valence-electron chi connectivity index (χ2n) is 7.29. The molecule has 1 heterocycles. The molecular formula is C22H22N4O3. The van der Waals surface area contributed by atoms with Gasteiger partial charge in [0.2, 0.25) is 5.91 Å². The molecule has 1 fully saturated rings. The summed E-state index contributed by atoms with van der Waals surface area (Å²) in [6.45, 7) is -0.248. The largest absolute Gasteiger partial charge is 0.354 e. The predicted octanol–water partition coefficient (Wildman–Crippen LogP) is 1.95. The van der Waals surface area contributed by atoms with Gasteiger partial charge in [0.05, 0.1) is 10.9 Å². The maximum atomic E-state index is 12.8. The Morgan fingerprint density at radius 1 is 1.03 bits per heavy atom. The van der Waals surface area contributed by atoms with Gasteiger partial charge in [0.15, 0.2) is 5.69 Å². The molecular weight excluding hydrogens is 368 g/mol. The van der Waals surface area contributed by atoms with Crippen molar-refractivity contribution in [2.45, 2.75) is 31.3 Å². The summed E-state index contributed by atoms with van der Waals surface area (Å²) < 4.78 is 1.07. The first kappa shape index (κ1) is 18.9. The van der Waals surface area contributed by atoms with E-state index in [1.807, 2.05) is 30.3 Å². The molecule has 1 aliphatic rings. The summed E-state index contributed by atoms with van der Waals surface area (Å²) in [7, 11) is 1.50. The van der Waals surface area contributed by atoms with Gasteiger partial charge in [0, 0.05) is 12.4 Å². The van der Waals surface area contributed by atoms with Gasteiger partial charge in [-0.3, -0.25) is 14.4 Å². The van der Waals surface area contributed by atoms with Gasteiger partial charge in [-0.05, 0) is 30.9 Å². The van der Waals surface area contributed by atoms with Gasteiger partial charge in [-0.1, -0.05) is 48.5 Å². The first-order valence-corrected chi connectivity index (χ1v) is 9.62. The quantitative estimate of drug-likeness (QED) is 0.696. The molecule has 29 heavy (non-hydrogen) atoms. The number of nitrogens with one attached hydrogen (secondary N) is 2. The van der Waals surface area contributed by atoms with Crippen molar-refractivity contribution < 1.29 is 9.59 Å². The van der Waals surface area contributed by atoms with Crippen molar-refractivity contribution in [1.29, 1.82) is 0 Å². The second kappa shape index (κ2) is 7.50. The van der Waals surface area contributed by atoms with Gasteiger partial charge in [-0.15, -0.1) is 0 Å². The molecule has 0 spiro atoms. The van der Waals surface area contributed by atoms with E-state index in [4.69, 9.17) is 0 Å². The molecule has 0 aliphatic heterocycles. The third kappa shape index (κ3) is 3.40. The van der Waals surface area contributed by atoms with Crippen LogP contribution in [0.1, 0.15) is 35.3 Å². The van der Waals surface area contributed by atoms with E-state index < -0.39 is 17.0 Å². The molecule has 4 rings (SSSR count). The molecule has 1 aromatic heterocycles. The molecule has 0 saturated heterocycles. The Labute approximate surface area is 167 Å². The van der Waals surface area contributed by atoms with E-state index in [9.17, 15) is 14.4 Å². The Morgan fingerprint density at radius 3 is 2.31 bits per heavy atom. The van der Waals surface area contributed by atoms with Gasteiger partial charge in [0.1, 0.15) is 6.54 Å². The third-order valence-corrected chi connectivity index (χ3v) is 5.52. The summed E-state index contributed by atoms with van der Waals surface area (Å²) >= 11 is 0. The summed E-state index contributed by atoms with van der Waals surface area (Å²) in [5, 5.41) is 10.6. The number of hydrogen-bond donors (Lipinski definition) is 2. The number of amides is 2. The maximum Gasteiger partial charge on any atom is 0.275 e. The van der Waals surface area contributed by atoms with Gasteiger partial charge in [-0.25, -0.2) is 4.68 Å². The fraction of sp³-hybridized carbons (Fsp3) is 0.273. The van der Waals surface area contributed by atoms with E-state index in [-0.39, 0.29) is 18.1 Å². The maximum absolute atomic E-state index is 12.8. The predicted molar refractivity (Wildman–Crippen MR) is 110 cm³/mol. The minimum atomic E-state index is -0.407. The smallest absolute Gasteiger partial charge is 0.275 e. The number of rotatable bonds is 5. The summed E-state index contributed by atoms with van der Waals surface area (Å²) in [6, 6.07) is 16.6. The van der Waals surface area contributed by atoms with Crippen LogP contribution in [-0.4, -0.2) is 28.6 Å². The minimum Gasteiger partial charge on any atom is -0.354 e. The van der Waals surface area contributed by atoms with Crippen LogP contribution in [0.4, 0.5) is 0 Å². The average Bonchev–Trinajstić information content (AvgIpc) is 2.73. The molecule has 2 N–H and O–H groups in total. The van der Waals surface area contributed by atoms with Crippen molar-refractivity contribution in [2.75, 3.05) is 7.05 Å². The number of aromatic nitrogens is 2. The molecule has 1 saturated carbocycles. The lowest BCUT2D eigenvalue weighted by Gasteiger charge is -2.43. The first-order chi connectivity index (χ1) is 14.0. The number of carbonyl (C=O) groups excluding carboxylic acids is 2. The average molecular weight is 390 g/mol. The van der Waals surface area contributed by atoms with Crippen LogP contribution in [0, 0.1) is 0 Å². The summed E-state index contributed by atoms with van der Waals surface area (Å²) in [5.74, 6) is -0.712. The van der Waals surface area contributed by atoms with Crippen molar-refractivity contribution in [3.05, 3.63) is 76.2 Å². The third-order valence-electron chi connectivity index (χ3n) is 5.52. The molecule has 1 aliphatic carbocycles. The molecule has 0 unspecified atom stereocenters. The molecule has 0 radical (unpaired) electrons. The lowest BCUT2D eigenvalue weighted by atomic mass is 9.72. The van der Waals surface area contributed by atoms with Crippen LogP contribution in [-0.2, 0) is 16.9 Å². The molecule has 2 aromatic carbocycles. The monoisotopic (exact) mass is 390 g/mol. The molecule has 2 amide bonds. The fourth-order valence-electron chi connectivity index (χ4n) is 3.84. The number of fused-ring (bicyclic) bond motifs is 1. The highest BCUT2D eigenvalue weighted by Gasteiger charge is 2.39. The standard InChI is InChI=1S/C22H22N4O3/c1-23-20(28)19-16-10-5-6-11-17(16)21(29)26(25-19)14-18(27)24-22(12-7-13-22)15-8-3-2-4-9-15/h2-6,8-11H,7,12-14H2,1H3,(H,23,28)(H,24,27). The molecule has 7 nitrogen and oxygen atoms in total. The highest BCUT2D eigenvalue weighted by atomic mass is 16.2. The van der Waals surface area contributed by atoms with Crippen LogP contribution in [0.3, 0.4) is 0 Å². The highest BCUT2D eigenvalue weighted by molar-refractivity contribution is 6.04. The van der Waals surface area contributed by atoms with Crippen LogP contribution < -0.4 is 16.2 Å². The Bertz CT molecular complexity index is 1130. The van der Waals surface area contributed by atoms with Crippen molar-refractivity contribution in [2.24, 2.45) is 0 Å². The highest BCUT2D eigenvalue weighted by Crippen LogP contribution is 2.41. The lowest BCUT2D eigenvalue weighted by molar-refractivity contribution is -0.125. The van der Waals surface area contributed by atoms with Crippen molar-refractivity contribution >= 4 is 22.6 Å². The topological polar surface area (TPSA) is 93.1 Å². The van der Waals surface area contributed by atoms with Gasteiger partial charge >= 0.3 is 0 Å². The van der Waals surface area contributed by atoms with E-state index in [1.54, 1.807) is 24.3 Å². The summed E-state index contributed by atoms with van der Waals surface area (Å²) in [5.41, 5.74) is 0.384. The van der Waals surface area contributed by atoms with E-state index in [0.29, 0.717) is 10.8 Å². The summed E-state index contributed by atoms with van der Waals surface area (Å²) in [4.78, 5) is 37.9. The van der Waals surface area contributed by atoms with Crippen LogP contribution in [0.15, 0.2) is 59.4 Å². The number of nitrogens with zero attached hydrogens (tertiary/aromatic N) is 2. The first-order valence-electron chi connectivity index (χ1n) is 9.62. The second-order valence-corrected chi connectivity index (χ2v) is 7.29. The number of benzene rings is 2.